The van der Waals surface area contributed by atoms with Crippen LogP contribution in [0.1, 0.15) is 25.8 Å². The minimum absolute atomic E-state index is 0.0400. The second kappa shape index (κ2) is 7.57. The summed E-state index contributed by atoms with van der Waals surface area (Å²) in [6.07, 6.45) is 1.75. The third kappa shape index (κ3) is 4.83. The van der Waals surface area contributed by atoms with Gasteiger partial charge in [-0.3, -0.25) is 4.79 Å². The Morgan fingerprint density at radius 1 is 1.38 bits per heavy atom. The predicted octanol–water partition coefficient (Wildman–Crippen LogP) is 1.40. The summed E-state index contributed by atoms with van der Waals surface area (Å²) in [4.78, 5) is 14.5. The normalized spacial score (nSPS) is 20.7. The zero-order valence-corrected chi connectivity index (χ0v) is 13.1. The number of carbonyl (C=O) groups excluding carboxylic acids is 1. The largest absolute Gasteiger partial charge is 0.354 e. The summed E-state index contributed by atoms with van der Waals surface area (Å²) in [6.45, 7) is 7.39. The molecule has 21 heavy (non-hydrogen) atoms. The molecule has 1 fully saturated rings. The Labute approximate surface area is 127 Å². The highest BCUT2D eigenvalue weighted by molar-refractivity contribution is 5.81. The van der Waals surface area contributed by atoms with Gasteiger partial charge < -0.3 is 16.0 Å². The maximum absolute atomic E-state index is 12.1. The van der Waals surface area contributed by atoms with Gasteiger partial charge in [0.2, 0.25) is 5.91 Å². The number of carbonyl (C=O) groups is 1. The first-order valence-electron chi connectivity index (χ1n) is 7.87. The minimum Gasteiger partial charge on any atom is -0.354 e. The lowest BCUT2D eigenvalue weighted by Crippen LogP contribution is -2.44. The topological polar surface area (TPSA) is 58.4 Å². The summed E-state index contributed by atoms with van der Waals surface area (Å²) >= 11 is 0. The molecule has 1 heterocycles. The van der Waals surface area contributed by atoms with E-state index in [0.29, 0.717) is 18.4 Å². The maximum Gasteiger partial charge on any atom is 0.237 e. The summed E-state index contributed by atoms with van der Waals surface area (Å²) in [6, 6.07) is 10.0. The second-order valence-corrected chi connectivity index (χ2v) is 6.28. The van der Waals surface area contributed by atoms with Crippen LogP contribution in [0.25, 0.3) is 0 Å². The van der Waals surface area contributed by atoms with Crippen molar-refractivity contribution in [1.29, 1.82) is 0 Å². The predicted molar refractivity (Wildman–Crippen MR) is 85.9 cm³/mol. The van der Waals surface area contributed by atoms with E-state index in [1.165, 1.54) is 0 Å². The second-order valence-electron chi connectivity index (χ2n) is 6.28. The molecule has 2 rings (SSSR count). The zero-order chi connectivity index (χ0) is 15.2. The summed E-state index contributed by atoms with van der Waals surface area (Å²) in [7, 11) is 0. The number of hydrogen-bond acceptors (Lipinski definition) is 3. The average Bonchev–Trinajstić information content (AvgIpc) is 2.95. The Morgan fingerprint density at radius 3 is 2.71 bits per heavy atom. The van der Waals surface area contributed by atoms with Crippen LogP contribution in [-0.4, -0.2) is 42.5 Å². The van der Waals surface area contributed by atoms with Crippen LogP contribution >= 0.6 is 0 Å². The lowest BCUT2D eigenvalue weighted by Gasteiger charge is -2.20. The highest BCUT2D eigenvalue weighted by atomic mass is 16.2. The van der Waals surface area contributed by atoms with Crippen molar-refractivity contribution in [1.82, 2.24) is 10.2 Å². The van der Waals surface area contributed by atoms with Gasteiger partial charge in [-0.05, 0) is 44.7 Å². The molecule has 1 aromatic rings. The van der Waals surface area contributed by atoms with E-state index in [0.717, 1.165) is 31.6 Å². The minimum atomic E-state index is -0.463. The van der Waals surface area contributed by atoms with Crippen molar-refractivity contribution in [3.05, 3.63) is 35.9 Å². The molecule has 1 aliphatic rings. The molecule has 116 valence electrons. The fourth-order valence-electron chi connectivity index (χ4n) is 2.83. The van der Waals surface area contributed by atoms with Gasteiger partial charge in [-0.1, -0.05) is 30.3 Å². The van der Waals surface area contributed by atoms with Gasteiger partial charge in [0.15, 0.2) is 0 Å². The zero-order valence-electron chi connectivity index (χ0n) is 13.1. The van der Waals surface area contributed by atoms with E-state index in [1.54, 1.807) is 0 Å². The standard InChI is InChI=1S/C17H27N3O/c1-13(2)20-9-8-15(12-20)11-19-17(21)16(18)10-14-6-4-3-5-7-14/h3-7,13,15-16H,8-12,18H2,1-2H3,(H,19,21)/t15?,16-/m0/s1. The molecule has 0 saturated carbocycles. The van der Waals surface area contributed by atoms with Crippen LogP contribution in [-0.2, 0) is 11.2 Å². The molecule has 3 N–H and O–H groups in total. The molecule has 0 radical (unpaired) electrons. The van der Waals surface area contributed by atoms with E-state index in [1.807, 2.05) is 30.3 Å². The van der Waals surface area contributed by atoms with Crippen molar-refractivity contribution in [2.45, 2.75) is 38.8 Å². The SMILES string of the molecule is CC(C)N1CCC(CNC(=O)[C@@H](N)Cc2ccccc2)C1. The molecule has 1 saturated heterocycles. The number of rotatable bonds is 6. The Morgan fingerprint density at radius 2 is 2.10 bits per heavy atom. The Balaban J connectivity index is 1.72. The highest BCUT2D eigenvalue weighted by Crippen LogP contribution is 2.17. The molecule has 4 nitrogen and oxygen atoms in total. The van der Waals surface area contributed by atoms with E-state index in [-0.39, 0.29) is 5.91 Å². The van der Waals surface area contributed by atoms with Gasteiger partial charge in [-0.25, -0.2) is 0 Å². The first kappa shape index (κ1) is 16.0. The van der Waals surface area contributed by atoms with Crippen LogP contribution in [0, 0.1) is 5.92 Å². The molecule has 1 unspecified atom stereocenters. The maximum atomic E-state index is 12.1. The molecule has 0 aromatic heterocycles. The van der Waals surface area contributed by atoms with E-state index in [4.69, 9.17) is 5.73 Å². The Kier molecular flexibility index (Phi) is 5.76. The lowest BCUT2D eigenvalue weighted by atomic mass is 10.1. The lowest BCUT2D eigenvalue weighted by molar-refractivity contribution is -0.122. The average molecular weight is 289 g/mol. The molecule has 1 aliphatic heterocycles. The molecule has 1 aromatic carbocycles. The number of benzene rings is 1. The third-order valence-corrected chi connectivity index (χ3v) is 4.25. The van der Waals surface area contributed by atoms with Gasteiger partial charge in [0.25, 0.3) is 0 Å². The van der Waals surface area contributed by atoms with Crippen molar-refractivity contribution in [2.75, 3.05) is 19.6 Å². The Hall–Kier alpha value is -1.39. The van der Waals surface area contributed by atoms with Crippen LogP contribution < -0.4 is 11.1 Å². The molecular weight excluding hydrogens is 262 g/mol. The number of likely N-dealkylation sites (tertiary alicyclic amines) is 1. The van der Waals surface area contributed by atoms with Crippen molar-refractivity contribution in [3.8, 4) is 0 Å². The van der Waals surface area contributed by atoms with E-state index >= 15 is 0 Å². The number of nitrogens with two attached hydrogens (primary N) is 1. The fourth-order valence-corrected chi connectivity index (χ4v) is 2.83. The summed E-state index contributed by atoms with van der Waals surface area (Å²) in [5.74, 6) is 0.516. The van der Waals surface area contributed by atoms with Crippen LogP contribution in [0.2, 0.25) is 0 Å². The number of hydrogen-bond donors (Lipinski definition) is 2. The fraction of sp³-hybridized carbons (Fsp3) is 0.588. The van der Waals surface area contributed by atoms with Gasteiger partial charge in [0.1, 0.15) is 0 Å². The third-order valence-electron chi connectivity index (χ3n) is 4.25. The molecule has 0 aliphatic carbocycles. The van der Waals surface area contributed by atoms with Crippen molar-refractivity contribution in [2.24, 2.45) is 11.7 Å². The van der Waals surface area contributed by atoms with Crippen LogP contribution in [0.3, 0.4) is 0 Å². The molecule has 0 bridgehead atoms. The molecule has 2 atom stereocenters. The van der Waals surface area contributed by atoms with Gasteiger partial charge in [-0.15, -0.1) is 0 Å². The van der Waals surface area contributed by atoms with Crippen LogP contribution in [0.15, 0.2) is 30.3 Å². The number of nitrogens with one attached hydrogen (secondary N) is 1. The Bertz CT molecular complexity index is 447. The first-order chi connectivity index (χ1) is 10.1. The van der Waals surface area contributed by atoms with Gasteiger partial charge in [0.05, 0.1) is 6.04 Å². The van der Waals surface area contributed by atoms with E-state index in [9.17, 15) is 4.79 Å². The first-order valence-corrected chi connectivity index (χ1v) is 7.87. The quantitative estimate of drug-likeness (QED) is 0.832. The van der Waals surface area contributed by atoms with Crippen molar-refractivity contribution in [3.63, 3.8) is 0 Å². The van der Waals surface area contributed by atoms with Gasteiger partial charge >= 0.3 is 0 Å². The number of nitrogens with zero attached hydrogens (tertiary/aromatic N) is 1. The molecule has 4 heteroatoms. The van der Waals surface area contributed by atoms with Crippen LogP contribution in [0.4, 0.5) is 0 Å². The summed E-state index contributed by atoms with van der Waals surface area (Å²) in [5, 5.41) is 3.01. The van der Waals surface area contributed by atoms with E-state index in [2.05, 4.69) is 24.1 Å². The van der Waals surface area contributed by atoms with E-state index < -0.39 is 6.04 Å². The van der Waals surface area contributed by atoms with Gasteiger partial charge in [0, 0.05) is 19.1 Å². The van der Waals surface area contributed by atoms with Crippen LogP contribution in [0.5, 0.6) is 0 Å². The van der Waals surface area contributed by atoms with Crippen molar-refractivity contribution < 1.29 is 4.79 Å². The smallest absolute Gasteiger partial charge is 0.237 e. The van der Waals surface area contributed by atoms with Gasteiger partial charge in [-0.2, -0.15) is 0 Å². The summed E-state index contributed by atoms with van der Waals surface area (Å²) < 4.78 is 0. The molecule has 0 spiro atoms. The monoisotopic (exact) mass is 289 g/mol. The van der Waals surface area contributed by atoms with Crippen molar-refractivity contribution >= 4 is 5.91 Å². The number of amides is 1. The molecule has 1 amide bonds. The molecular formula is C17H27N3O. The highest BCUT2D eigenvalue weighted by Gasteiger charge is 2.25. The summed E-state index contributed by atoms with van der Waals surface area (Å²) in [5.41, 5.74) is 7.09.